The van der Waals surface area contributed by atoms with Crippen LogP contribution in [-0.4, -0.2) is 68.5 Å². The molecule has 0 aliphatic rings. The molecule has 0 aromatic heterocycles. The topological polar surface area (TPSA) is 108 Å². The Morgan fingerprint density at radius 3 is 1.37 bits per heavy atom. The molecular formula is C56H99N2O6P. The molecule has 0 fully saturated rings. The summed E-state index contributed by atoms with van der Waals surface area (Å²) in [7, 11) is 1.24. The van der Waals surface area contributed by atoms with E-state index in [2.05, 4.69) is 104 Å². The third-order valence-corrected chi connectivity index (χ3v) is 12.0. The van der Waals surface area contributed by atoms with Gasteiger partial charge >= 0.3 is 0 Å². The Bertz CT molecular complexity index is 1370. The van der Waals surface area contributed by atoms with Gasteiger partial charge in [0.1, 0.15) is 13.2 Å². The maximum absolute atomic E-state index is 12.9. The van der Waals surface area contributed by atoms with Crippen molar-refractivity contribution in [2.75, 3.05) is 40.9 Å². The van der Waals surface area contributed by atoms with E-state index in [9.17, 15) is 19.4 Å². The van der Waals surface area contributed by atoms with Crippen LogP contribution in [0.3, 0.4) is 0 Å². The summed E-state index contributed by atoms with van der Waals surface area (Å²) in [6.45, 7) is 4.50. The predicted molar refractivity (Wildman–Crippen MR) is 279 cm³/mol. The first-order valence-electron chi connectivity index (χ1n) is 26.1. The summed E-state index contributed by atoms with van der Waals surface area (Å²) in [5.74, 6) is -0.209. The van der Waals surface area contributed by atoms with Crippen molar-refractivity contribution in [3.8, 4) is 0 Å². The van der Waals surface area contributed by atoms with Gasteiger partial charge in [-0.1, -0.05) is 214 Å². The van der Waals surface area contributed by atoms with Crippen LogP contribution in [0.15, 0.2) is 97.2 Å². The van der Waals surface area contributed by atoms with E-state index in [1.54, 1.807) is 6.08 Å². The number of rotatable bonds is 46. The molecule has 0 bridgehead atoms. The Morgan fingerprint density at radius 1 is 0.554 bits per heavy atom. The first-order chi connectivity index (χ1) is 31.5. The molecule has 0 saturated carbocycles. The van der Waals surface area contributed by atoms with Gasteiger partial charge in [-0.3, -0.25) is 9.36 Å². The SMILES string of the molecule is CC/C=C\C/C=C\C/C=C\C/C=C\C/C=C\C/C=C\C/C=C\CCCCCCCCCCCC(=O)NC(COP(=O)([O-])OCC[N+](C)(C)C)C(O)/C=C/CCCCCCCCCCCC. The highest BCUT2D eigenvalue weighted by Crippen LogP contribution is 2.38. The Morgan fingerprint density at radius 2 is 0.938 bits per heavy atom. The molecule has 3 unspecified atom stereocenters. The highest BCUT2D eigenvalue weighted by Gasteiger charge is 2.23. The minimum absolute atomic E-state index is 0.00689. The molecule has 0 saturated heterocycles. The number of phosphoric ester groups is 1. The van der Waals surface area contributed by atoms with Crippen LogP contribution in [0.2, 0.25) is 0 Å². The lowest BCUT2D eigenvalue weighted by atomic mass is 10.0. The van der Waals surface area contributed by atoms with Crippen LogP contribution in [0.25, 0.3) is 0 Å². The Balaban J connectivity index is 4.20. The number of amides is 1. The summed E-state index contributed by atoms with van der Waals surface area (Å²) in [5, 5.41) is 13.8. The van der Waals surface area contributed by atoms with Gasteiger partial charge < -0.3 is 28.8 Å². The molecule has 0 aliphatic carbocycles. The van der Waals surface area contributed by atoms with Crippen molar-refractivity contribution in [1.29, 1.82) is 0 Å². The zero-order chi connectivity index (χ0) is 47.8. The number of nitrogens with zero attached hydrogens (tertiary/aromatic N) is 1. The molecule has 0 heterocycles. The molecule has 0 aromatic carbocycles. The number of phosphoric acid groups is 1. The van der Waals surface area contributed by atoms with E-state index in [0.29, 0.717) is 17.4 Å². The number of carbonyl (C=O) groups is 1. The number of quaternary nitrogens is 1. The van der Waals surface area contributed by atoms with Gasteiger partial charge in [0.05, 0.1) is 39.9 Å². The summed E-state index contributed by atoms with van der Waals surface area (Å²) in [6.07, 6.45) is 66.1. The van der Waals surface area contributed by atoms with Gasteiger partial charge in [-0.15, -0.1) is 0 Å². The number of likely N-dealkylation sites (N-methyl/N-ethyl adjacent to an activating group) is 1. The van der Waals surface area contributed by atoms with Crippen LogP contribution in [0, 0.1) is 0 Å². The molecule has 0 spiro atoms. The lowest BCUT2D eigenvalue weighted by Crippen LogP contribution is -2.45. The van der Waals surface area contributed by atoms with E-state index < -0.39 is 20.0 Å². The van der Waals surface area contributed by atoms with E-state index in [-0.39, 0.29) is 19.1 Å². The maximum Gasteiger partial charge on any atom is 0.268 e. The first-order valence-corrected chi connectivity index (χ1v) is 27.6. The normalized spacial score (nSPS) is 14.9. The zero-order valence-corrected chi connectivity index (χ0v) is 43.3. The van der Waals surface area contributed by atoms with Crippen molar-refractivity contribution in [3.05, 3.63) is 97.2 Å². The average Bonchev–Trinajstić information content (AvgIpc) is 3.26. The molecule has 0 rings (SSSR count). The zero-order valence-electron chi connectivity index (χ0n) is 42.4. The van der Waals surface area contributed by atoms with Crippen molar-refractivity contribution in [2.45, 2.75) is 212 Å². The minimum atomic E-state index is -4.60. The Hall–Kier alpha value is -2.58. The molecule has 9 heteroatoms. The number of carbonyl (C=O) groups excluding carboxylic acids is 1. The van der Waals surface area contributed by atoms with Crippen molar-refractivity contribution in [1.82, 2.24) is 5.32 Å². The van der Waals surface area contributed by atoms with Gasteiger partial charge in [0.2, 0.25) is 5.91 Å². The molecule has 1 amide bonds. The van der Waals surface area contributed by atoms with Crippen LogP contribution in [0.4, 0.5) is 0 Å². The molecule has 65 heavy (non-hydrogen) atoms. The molecule has 8 nitrogen and oxygen atoms in total. The van der Waals surface area contributed by atoms with Crippen LogP contribution in [0.1, 0.15) is 200 Å². The van der Waals surface area contributed by atoms with E-state index in [0.717, 1.165) is 89.9 Å². The second-order valence-corrected chi connectivity index (χ2v) is 19.9. The number of aliphatic hydroxyl groups is 1. The molecule has 0 radical (unpaired) electrons. The molecule has 374 valence electrons. The number of hydrogen-bond donors (Lipinski definition) is 2. The lowest BCUT2D eigenvalue weighted by molar-refractivity contribution is -0.870. The third kappa shape index (κ3) is 49.2. The molecule has 0 aliphatic heterocycles. The molecule has 0 aromatic rings. The number of allylic oxidation sites excluding steroid dienone is 15. The first kappa shape index (κ1) is 62.4. The summed E-state index contributed by atoms with van der Waals surface area (Å²) in [4.78, 5) is 25.4. The number of unbranched alkanes of at least 4 members (excludes halogenated alkanes) is 19. The average molecular weight is 927 g/mol. The predicted octanol–water partition coefficient (Wildman–Crippen LogP) is 14.8. The van der Waals surface area contributed by atoms with Gasteiger partial charge in [-0.05, 0) is 77.0 Å². The largest absolute Gasteiger partial charge is 0.756 e. The monoisotopic (exact) mass is 927 g/mol. The van der Waals surface area contributed by atoms with E-state index in [4.69, 9.17) is 9.05 Å². The fourth-order valence-electron chi connectivity index (χ4n) is 6.96. The van der Waals surface area contributed by atoms with Gasteiger partial charge in [-0.25, -0.2) is 0 Å². The number of aliphatic hydroxyl groups excluding tert-OH is 1. The van der Waals surface area contributed by atoms with E-state index in [1.165, 1.54) is 89.9 Å². The second-order valence-electron chi connectivity index (χ2n) is 18.5. The Kier molecular flexibility index (Phi) is 44.7. The number of nitrogens with one attached hydrogen (secondary N) is 1. The highest BCUT2D eigenvalue weighted by molar-refractivity contribution is 7.45. The van der Waals surface area contributed by atoms with Crippen molar-refractivity contribution < 1.29 is 32.9 Å². The van der Waals surface area contributed by atoms with Gasteiger partial charge in [0, 0.05) is 6.42 Å². The van der Waals surface area contributed by atoms with Crippen LogP contribution in [-0.2, 0) is 18.4 Å². The van der Waals surface area contributed by atoms with Gasteiger partial charge in [0.25, 0.3) is 7.82 Å². The highest BCUT2D eigenvalue weighted by atomic mass is 31.2. The molecule has 3 atom stereocenters. The summed E-state index contributed by atoms with van der Waals surface area (Å²) >= 11 is 0. The van der Waals surface area contributed by atoms with Crippen molar-refractivity contribution >= 4 is 13.7 Å². The summed E-state index contributed by atoms with van der Waals surface area (Å²) in [5.41, 5.74) is 0. The van der Waals surface area contributed by atoms with Gasteiger partial charge in [0.15, 0.2) is 0 Å². The van der Waals surface area contributed by atoms with Gasteiger partial charge in [-0.2, -0.15) is 0 Å². The fraction of sp³-hybridized carbons (Fsp3) is 0.696. The van der Waals surface area contributed by atoms with Crippen molar-refractivity contribution in [3.63, 3.8) is 0 Å². The van der Waals surface area contributed by atoms with Crippen LogP contribution in [0.5, 0.6) is 0 Å². The van der Waals surface area contributed by atoms with Crippen molar-refractivity contribution in [2.24, 2.45) is 0 Å². The van der Waals surface area contributed by atoms with Crippen LogP contribution < -0.4 is 10.2 Å². The third-order valence-electron chi connectivity index (χ3n) is 11.0. The second kappa shape index (κ2) is 46.5. The molecule has 2 N–H and O–H groups in total. The minimum Gasteiger partial charge on any atom is -0.756 e. The summed E-state index contributed by atoms with van der Waals surface area (Å²) in [6, 6.07) is -0.895. The summed E-state index contributed by atoms with van der Waals surface area (Å²) < 4.78 is 23.2. The fourth-order valence-corrected chi connectivity index (χ4v) is 7.68. The number of hydrogen-bond acceptors (Lipinski definition) is 6. The molecular weight excluding hydrogens is 828 g/mol. The quantitative estimate of drug-likeness (QED) is 0.0272. The maximum atomic E-state index is 12.9. The van der Waals surface area contributed by atoms with E-state index in [1.807, 2.05) is 27.2 Å². The smallest absolute Gasteiger partial charge is 0.268 e. The lowest BCUT2D eigenvalue weighted by Gasteiger charge is -2.29. The standard InChI is InChI=1S/C56H99N2O6P/c1-6-8-10-12-14-16-18-20-21-22-23-24-25-26-27-28-29-30-31-32-33-34-35-36-37-38-40-42-44-46-48-50-56(60)57-54(53-64-65(61,62)63-52-51-58(3,4)5)55(59)49-47-45-43-41-39-19-17-15-13-11-9-7-2/h8,10,14,16,20-21,23-24,26-27,29-30,32-33,47,49,54-55,59H,6-7,9,11-13,15,17-19,22,25,28,31,34-46,48,50-53H2,1-5H3,(H-,57,60,61,62)/b10-8-,16-14-,21-20-,24-23-,27-26-,30-29-,33-32-,49-47+. The van der Waals surface area contributed by atoms with Crippen LogP contribution >= 0.6 is 7.82 Å². The van der Waals surface area contributed by atoms with E-state index >= 15 is 0 Å². The Labute approximate surface area is 400 Å².